The first-order valence-corrected chi connectivity index (χ1v) is 6.95. The van der Waals surface area contributed by atoms with E-state index in [1.807, 2.05) is 13.1 Å². The van der Waals surface area contributed by atoms with Gasteiger partial charge < -0.3 is 9.73 Å². The van der Waals surface area contributed by atoms with Crippen molar-refractivity contribution in [2.45, 2.75) is 45.6 Å². The van der Waals surface area contributed by atoms with E-state index in [9.17, 15) is 4.79 Å². The standard InChI is InChI=1S/C14H18N4O2/c1-3-12-16-8(2)13(20-12)14(19)17-10-5-4-9-7-15-18-11(9)6-10/h7,10H,3-6H2,1-2H3,(H,15,18)(H,17,19). The van der Waals surface area contributed by atoms with Gasteiger partial charge in [-0.15, -0.1) is 0 Å². The summed E-state index contributed by atoms with van der Waals surface area (Å²) < 4.78 is 5.48. The number of aromatic amines is 1. The van der Waals surface area contributed by atoms with Crippen LogP contribution in [0.25, 0.3) is 0 Å². The molecule has 2 aromatic rings. The number of carbonyl (C=O) groups excluding carboxylic acids is 1. The molecule has 0 saturated carbocycles. The fourth-order valence-corrected chi connectivity index (χ4v) is 2.60. The Morgan fingerprint density at radius 2 is 2.45 bits per heavy atom. The first kappa shape index (κ1) is 12.9. The van der Waals surface area contributed by atoms with E-state index in [2.05, 4.69) is 20.5 Å². The van der Waals surface area contributed by atoms with Crippen LogP contribution < -0.4 is 5.32 Å². The van der Waals surface area contributed by atoms with Crippen LogP contribution in [0.2, 0.25) is 0 Å². The third kappa shape index (κ3) is 2.33. The summed E-state index contributed by atoms with van der Waals surface area (Å²) in [5.41, 5.74) is 3.02. The Morgan fingerprint density at radius 3 is 3.20 bits per heavy atom. The number of aryl methyl sites for hydroxylation is 3. The van der Waals surface area contributed by atoms with Crippen molar-refractivity contribution in [3.8, 4) is 0 Å². The second kappa shape index (κ2) is 5.11. The molecule has 1 amide bonds. The van der Waals surface area contributed by atoms with Crippen LogP contribution in [0, 0.1) is 6.92 Å². The number of aromatic nitrogens is 3. The molecule has 2 N–H and O–H groups in total. The van der Waals surface area contributed by atoms with Gasteiger partial charge in [-0.25, -0.2) is 4.98 Å². The third-order valence-corrected chi connectivity index (χ3v) is 3.70. The molecule has 1 aliphatic rings. The zero-order chi connectivity index (χ0) is 14.1. The average Bonchev–Trinajstić information content (AvgIpc) is 3.04. The van der Waals surface area contributed by atoms with Gasteiger partial charge in [0.15, 0.2) is 5.89 Å². The maximum absolute atomic E-state index is 12.2. The molecule has 0 aromatic carbocycles. The number of nitrogens with zero attached hydrogens (tertiary/aromatic N) is 2. The molecule has 6 nitrogen and oxygen atoms in total. The molecule has 0 radical (unpaired) electrons. The Labute approximate surface area is 117 Å². The zero-order valence-corrected chi connectivity index (χ0v) is 11.7. The Bertz CT molecular complexity index is 629. The minimum atomic E-state index is -0.178. The van der Waals surface area contributed by atoms with Crippen LogP contribution in [0.3, 0.4) is 0 Å². The van der Waals surface area contributed by atoms with E-state index < -0.39 is 0 Å². The Morgan fingerprint density at radius 1 is 1.60 bits per heavy atom. The molecule has 2 heterocycles. The van der Waals surface area contributed by atoms with Crippen molar-refractivity contribution >= 4 is 5.91 Å². The van der Waals surface area contributed by atoms with Crippen LogP contribution in [0.4, 0.5) is 0 Å². The third-order valence-electron chi connectivity index (χ3n) is 3.70. The van der Waals surface area contributed by atoms with Crippen LogP contribution in [-0.4, -0.2) is 27.1 Å². The molecule has 1 aliphatic carbocycles. The van der Waals surface area contributed by atoms with Crippen molar-refractivity contribution in [1.82, 2.24) is 20.5 Å². The lowest BCUT2D eigenvalue weighted by Crippen LogP contribution is -2.38. The lowest BCUT2D eigenvalue weighted by atomic mass is 9.94. The van der Waals surface area contributed by atoms with Crippen LogP contribution in [0.1, 0.15) is 46.7 Å². The Kier molecular flexibility index (Phi) is 3.30. The number of nitrogens with one attached hydrogen (secondary N) is 2. The highest BCUT2D eigenvalue weighted by Crippen LogP contribution is 2.19. The molecule has 1 atom stereocenters. The van der Waals surface area contributed by atoms with Crippen molar-refractivity contribution in [1.29, 1.82) is 0 Å². The number of hydrogen-bond acceptors (Lipinski definition) is 4. The number of H-pyrrole nitrogens is 1. The van der Waals surface area contributed by atoms with Gasteiger partial charge in [-0.1, -0.05) is 6.92 Å². The van der Waals surface area contributed by atoms with Gasteiger partial charge in [-0.2, -0.15) is 5.10 Å². The summed E-state index contributed by atoms with van der Waals surface area (Å²) in [6.45, 7) is 3.75. The fraction of sp³-hybridized carbons (Fsp3) is 0.500. The largest absolute Gasteiger partial charge is 0.435 e. The number of carbonyl (C=O) groups is 1. The summed E-state index contributed by atoms with van der Waals surface area (Å²) in [4.78, 5) is 16.5. The van der Waals surface area contributed by atoms with E-state index in [4.69, 9.17) is 4.42 Å². The monoisotopic (exact) mass is 274 g/mol. The van der Waals surface area contributed by atoms with Crippen molar-refractivity contribution in [3.63, 3.8) is 0 Å². The van der Waals surface area contributed by atoms with Crippen molar-refractivity contribution in [3.05, 3.63) is 34.8 Å². The molecule has 106 valence electrons. The SMILES string of the molecule is CCc1nc(C)c(C(=O)NC2CCc3cn[nH]c3C2)o1. The van der Waals surface area contributed by atoms with E-state index in [-0.39, 0.29) is 11.9 Å². The second-order valence-corrected chi connectivity index (χ2v) is 5.16. The van der Waals surface area contributed by atoms with Gasteiger partial charge in [0.05, 0.1) is 11.9 Å². The summed E-state index contributed by atoms with van der Waals surface area (Å²) in [6.07, 6.45) is 5.20. The summed E-state index contributed by atoms with van der Waals surface area (Å²) in [5, 5.41) is 10.0. The van der Waals surface area contributed by atoms with Crippen LogP contribution >= 0.6 is 0 Å². The van der Waals surface area contributed by atoms with Gasteiger partial charge in [0.2, 0.25) is 5.76 Å². The van der Waals surface area contributed by atoms with E-state index >= 15 is 0 Å². The molecular weight excluding hydrogens is 256 g/mol. The lowest BCUT2D eigenvalue weighted by molar-refractivity contribution is 0.0903. The molecule has 0 bridgehead atoms. The lowest BCUT2D eigenvalue weighted by Gasteiger charge is -2.22. The van der Waals surface area contributed by atoms with Gasteiger partial charge >= 0.3 is 0 Å². The maximum Gasteiger partial charge on any atom is 0.289 e. The van der Waals surface area contributed by atoms with Crippen LogP contribution in [0.5, 0.6) is 0 Å². The summed E-state index contributed by atoms with van der Waals surface area (Å²) in [5.74, 6) is 0.757. The Hall–Kier alpha value is -2.11. The molecule has 6 heteroatoms. The predicted octanol–water partition coefficient (Wildman–Crippen LogP) is 1.56. The number of fused-ring (bicyclic) bond motifs is 1. The van der Waals surface area contributed by atoms with Crippen LogP contribution in [0.15, 0.2) is 10.6 Å². The van der Waals surface area contributed by atoms with Crippen molar-refractivity contribution in [2.24, 2.45) is 0 Å². The molecule has 0 saturated heterocycles. The van der Waals surface area contributed by atoms with Gasteiger partial charge in [0, 0.05) is 24.6 Å². The molecule has 3 rings (SSSR count). The van der Waals surface area contributed by atoms with Gasteiger partial charge in [0.25, 0.3) is 5.91 Å². The summed E-state index contributed by atoms with van der Waals surface area (Å²) in [7, 11) is 0. The molecule has 0 fully saturated rings. The molecule has 0 spiro atoms. The number of amides is 1. The highest BCUT2D eigenvalue weighted by molar-refractivity contribution is 5.92. The minimum absolute atomic E-state index is 0.116. The van der Waals surface area contributed by atoms with E-state index in [0.717, 1.165) is 25.0 Å². The van der Waals surface area contributed by atoms with Gasteiger partial charge in [-0.3, -0.25) is 9.89 Å². The number of rotatable bonds is 3. The number of oxazole rings is 1. The summed E-state index contributed by atoms with van der Waals surface area (Å²) >= 11 is 0. The predicted molar refractivity (Wildman–Crippen MR) is 72.5 cm³/mol. The highest BCUT2D eigenvalue weighted by atomic mass is 16.4. The average molecular weight is 274 g/mol. The maximum atomic E-state index is 12.2. The van der Waals surface area contributed by atoms with Crippen molar-refractivity contribution < 1.29 is 9.21 Å². The van der Waals surface area contributed by atoms with E-state index in [1.165, 1.54) is 5.56 Å². The second-order valence-electron chi connectivity index (χ2n) is 5.16. The summed E-state index contributed by atoms with van der Waals surface area (Å²) in [6, 6.07) is 0.116. The highest BCUT2D eigenvalue weighted by Gasteiger charge is 2.24. The fourth-order valence-electron chi connectivity index (χ4n) is 2.60. The van der Waals surface area contributed by atoms with Crippen molar-refractivity contribution in [2.75, 3.05) is 0 Å². The van der Waals surface area contributed by atoms with E-state index in [0.29, 0.717) is 23.8 Å². The Balaban J connectivity index is 1.69. The number of hydrogen-bond donors (Lipinski definition) is 2. The van der Waals surface area contributed by atoms with E-state index in [1.54, 1.807) is 6.92 Å². The first-order valence-electron chi connectivity index (χ1n) is 6.95. The molecule has 0 aliphatic heterocycles. The van der Waals surface area contributed by atoms with Crippen LogP contribution in [-0.2, 0) is 19.3 Å². The molecular formula is C14H18N4O2. The van der Waals surface area contributed by atoms with Gasteiger partial charge in [0.1, 0.15) is 0 Å². The minimum Gasteiger partial charge on any atom is -0.435 e. The zero-order valence-electron chi connectivity index (χ0n) is 11.7. The topological polar surface area (TPSA) is 83.8 Å². The molecule has 2 aromatic heterocycles. The molecule has 1 unspecified atom stereocenters. The van der Waals surface area contributed by atoms with Gasteiger partial charge in [-0.05, 0) is 25.3 Å². The smallest absolute Gasteiger partial charge is 0.289 e. The first-order chi connectivity index (χ1) is 9.67. The molecule has 20 heavy (non-hydrogen) atoms. The quantitative estimate of drug-likeness (QED) is 0.889. The normalized spacial score (nSPS) is 17.8.